The minimum absolute atomic E-state index is 0.177. The number of nitrogens with one attached hydrogen (secondary N) is 1. The Kier molecular flexibility index (Phi) is 6.57. The van der Waals surface area contributed by atoms with Gasteiger partial charge in [0.15, 0.2) is 0 Å². The molecule has 1 aromatic rings. The maximum absolute atomic E-state index is 12.6. The fourth-order valence-corrected chi connectivity index (χ4v) is 3.80. The second-order valence-corrected chi connectivity index (χ2v) is 7.40. The van der Waals surface area contributed by atoms with Gasteiger partial charge in [0.1, 0.15) is 12.4 Å². The molecule has 138 valence electrons. The van der Waals surface area contributed by atoms with Crippen LogP contribution in [-0.4, -0.2) is 68.1 Å². The molecule has 0 bridgehead atoms. The maximum Gasteiger partial charge on any atom is 0.227 e. The minimum atomic E-state index is 0.177. The number of carbonyl (C=O) groups is 1. The maximum atomic E-state index is 12.6. The van der Waals surface area contributed by atoms with Crippen LogP contribution in [0.4, 0.5) is 0 Å². The first-order valence-corrected chi connectivity index (χ1v) is 9.62. The lowest BCUT2D eigenvalue weighted by Gasteiger charge is -2.37. The molecule has 2 saturated heterocycles. The Balaban J connectivity index is 1.38. The van der Waals surface area contributed by atoms with E-state index in [4.69, 9.17) is 16.3 Å². The van der Waals surface area contributed by atoms with E-state index in [1.54, 1.807) is 0 Å². The van der Waals surface area contributed by atoms with Crippen molar-refractivity contribution in [3.8, 4) is 5.75 Å². The van der Waals surface area contributed by atoms with Gasteiger partial charge in [0.25, 0.3) is 0 Å². The van der Waals surface area contributed by atoms with Gasteiger partial charge in [-0.25, -0.2) is 0 Å². The van der Waals surface area contributed by atoms with Crippen LogP contribution in [-0.2, 0) is 4.79 Å². The molecule has 3 rings (SSSR count). The Morgan fingerprint density at radius 2 is 2.12 bits per heavy atom. The van der Waals surface area contributed by atoms with Gasteiger partial charge in [-0.1, -0.05) is 11.6 Å². The van der Waals surface area contributed by atoms with E-state index in [1.165, 1.54) is 0 Å². The monoisotopic (exact) mass is 365 g/mol. The molecule has 2 aliphatic rings. The number of benzene rings is 1. The predicted octanol–water partition coefficient (Wildman–Crippen LogP) is 2.17. The van der Waals surface area contributed by atoms with E-state index in [0.29, 0.717) is 12.5 Å². The summed E-state index contributed by atoms with van der Waals surface area (Å²) >= 11 is 5.97. The van der Waals surface area contributed by atoms with Crippen molar-refractivity contribution in [2.45, 2.75) is 19.8 Å². The SMILES string of the molecule is Cc1cc(Cl)ccc1OCCN1CCN(C(=O)[C@H]2CCCNC2)CC1. The van der Waals surface area contributed by atoms with E-state index >= 15 is 0 Å². The lowest BCUT2D eigenvalue weighted by molar-refractivity contribution is -0.137. The molecule has 0 radical (unpaired) electrons. The molecule has 1 atom stereocenters. The van der Waals surface area contributed by atoms with Crippen molar-refractivity contribution in [3.05, 3.63) is 28.8 Å². The first-order valence-electron chi connectivity index (χ1n) is 9.24. The Labute approximate surface area is 155 Å². The molecule has 6 heteroatoms. The lowest BCUT2D eigenvalue weighted by atomic mass is 9.98. The highest BCUT2D eigenvalue weighted by Gasteiger charge is 2.28. The number of rotatable bonds is 5. The van der Waals surface area contributed by atoms with Crippen molar-refractivity contribution < 1.29 is 9.53 Å². The number of aryl methyl sites for hydroxylation is 1. The zero-order valence-electron chi connectivity index (χ0n) is 15.0. The number of piperazine rings is 1. The summed E-state index contributed by atoms with van der Waals surface area (Å²) in [5, 5.41) is 4.07. The second kappa shape index (κ2) is 8.88. The normalized spacial score (nSPS) is 22.0. The molecule has 0 spiro atoms. The summed E-state index contributed by atoms with van der Waals surface area (Å²) in [4.78, 5) is 17.0. The quantitative estimate of drug-likeness (QED) is 0.868. The van der Waals surface area contributed by atoms with Crippen LogP contribution in [0.15, 0.2) is 18.2 Å². The van der Waals surface area contributed by atoms with Crippen LogP contribution in [0.1, 0.15) is 18.4 Å². The van der Waals surface area contributed by atoms with Crippen LogP contribution < -0.4 is 10.1 Å². The van der Waals surface area contributed by atoms with Crippen LogP contribution >= 0.6 is 11.6 Å². The van der Waals surface area contributed by atoms with Crippen molar-refractivity contribution in [2.75, 3.05) is 52.4 Å². The number of piperidine rings is 1. The average molecular weight is 366 g/mol. The molecule has 2 fully saturated rings. The number of hydrogen-bond acceptors (Lipinski definition) is 4. The number of ether oxygens (including phenoxy) is 1. The number of hydrogen-bond donors (Lipinski definition) is 1. The largest absolute Gasteiger partial charge is 0.492 e. The smallest absolute Gasteiger partial charge is 0.227 e. The van der Waals surface area contributed by atoms with Gasteiger partial charge in [-0.15, -0.1) is 0 Å². The molecule has 0 unspecified atom stereocenters. The molecular weight excluding hydrogens is 338 g/mol. The molecule has 0 aliphatic carbocycles. The summed E-state index contributed by atoms with van der Waals surface area (Å²) in [5.41, 5.74) is 1.06. The zero-order chi connectivity index (χ0) is 17.6. The molecule has 0 saturated carbocycles. The van der Waals surface area contributed by atoms with Crippen molar-refractivity contribution in [2.24, 2.45) is 5.92 Å². The van der Waals surface area contributed by atoms with E-state index in [2.05, 4.69) is 10.2 Å². The Hall–Kier alpha value is -1.30. The molecule has 1 aromatic carbocycles. The van der Waals surface area contributed by atoms with Gasteiger partial charge >= 0.3 is 0 Å². The number of amides is 1. The van der Waals surface area contributed by atoms with E-state index in [9.17, 15) is 4.79 Å². The third-order valence-corrected chi connectivity index (χ3v) is 5.37. The highest BCUT2D eigenvalue weighted by molar-refractivity contribution is 6.30. The van der Waals surface area contributed by atoms with Crippen LogP contribution in [0, 0.1) is 12.8 Å². The Morgan fingerprint density at radius 1 is 1.32 bits per heavy atom. The van der Waals surface area contributed by atoms with Crippen LogP contribution in [0.3, 0.4) is 0 Å². The first-order chi connectivity index (χ1) is 12.1. The van der Waals surface area contributed by atoms with Gasteiger partial charge in [-0.05, 0) is 50.1 Å². The van der Waals surface area contributed by atoms with Crippen LogP contribution in [0.5, 0.6) is 5.75 Å². The topological polar surface area (TPSA) is 44.8 Å². The summed E-state index contributed by atoms with van der Waals surface area (Å²) in [7, 11) is 0. The molecular formula is C19H28ClN3O2. The van der Waals surface area contributed by atoms with Gasteiger partial charge in [0, 0.05) is 44.3 Å². The average Bonchev–Trinajstić information content (AvgIpc) is 2.64. The second-order valence-electron chi connectivity index (χ2n) is 6.97. The fraction of sp³-hybridized carbons (Fsp3) is 0.632. The number of carbonyl (C=O) groups excluding carboxylic acids is 1. The van der Waals surface area contributed by atoms with Gasteiger partial charge < -0.3 is 15.0 Å². The summed E-state index contributed by atoms with van der Waals surface area (Å²) in [6, 6.07) is 5.70. The summed E-state index contributed by atoms with van der Waals surface area (Å²) in [6.07, 6.45) is 2.14. The van der Waals surface area contributed by atoms with Crippen molar-refractivity contribution in [1.29, 1.82) is 0 Å². The molecule has 0 aromatic heterocycles. The van der Waals surface area contributed by atoms with E-state index in [-0.39, 0.29) is 5.92 Å². The van der Waals surface area contributed by atoms with Crippen molar-refractivity contribution in [3.63, 3.8) is 0 Å². The Bertz CT molecular complexity index is 582. The third kappa shape index (κ3) is 5.09. The molecule has 1 N–H and O–H groups in total. The zero-order valence-corrected chi connectivity index (χ0v) is 15.7. The fourth-order valence-electron chi connectivity index (χ4n) is 3.57. The van der Waals surface area contributed by atoms with Gasteiger partial charge in [-0.2, -0.15) is 0 Å². The standard InChI is InChI=1S/C19H28ClN3O2/c1-15-13-17(20)4-5-18(15)25-12-11-22-7-9-23(10-8-22)19(24)16-3-2-6-21-14-16/h4-5,13,16,21H,2-3,6-12,14H2,1H3/t16-/m0/s1. The van der Waals surface area contributed by atoms with E-state index in [0.717, 1.165) is 75.0 Å². The summed E-state index contributed by atoms with van der Waals surface area (Å²) in [5.74, 6) is 1.40. The molecule has 1 amide bonds. The number of nitrogens with zero attached hydrogens (tertiary/aromatic N) is 2. The highest BCUT2D eigenvalue weighted by atomic mass is 35.5. The number of halogens is 1. The van der Waals surface area contributed by atoms with Crippen molar-refractivity contribution in [1.82, 2.24) is 15.1 Å². The highest BCUT2D eigenvalue weighted by Crippen LogP contribution is 2.21. The Morgan fingerprint density at radius 3 is 2.80 bits per heavy atom. The minimum Gasteiger partial charge on any atom is -0.492 e. The van der Waals surface area contributed by atoms with Gasteiger partial charge in [0.2, 0.25) is 5.91 Å². The summed E-state index contributed by atoms with van der Waals surface area (Å²) in [6.45, 7) is 8.94. The van der Waals surface area contributed by atoms with Gasteiger partial charge in [-0.3, -0.25) is 9.69 Å². The predicted molar refractivity (Wildman–Crippen MR) is 100 cm³/mol. The third-order valence-electron chi connectivity index (χ3n) is 5.13. The lowest BCUT2D eigenvalue weighted by Crippen LogP contribution is -2.52. The van der Waals surface area contributed by atoms with E-state index < -0.39 is 0 Å². The van der Waals surface area contributed by atoms with E-state index in [1.807, 2.05) is 30.0 Å². The van der Waals surface area contributed by atoms with Crippen LogP contribution in [0.2, 0.25) is 5.02 Å². The molecule has 5 nitrogen and oxygen atoms in total. The first kappa shape index (κ1) is 18.5. The van der Waals surface area contributed by atoms with Gasteiger partial charge in [0.05, 0.1) is 5.92 Å². The van der Waals surface area contributed by atoms with Crippen molar-refractivity contribution >= 4 is 17.5 Å². The molecule has 25 heavy (non-hydrogen) atoms. The molecule has 2 heterocycles. The van der Waals surface area contributed by atoms with Crippen LogP contribution in [0.25, 0.3) is 0 Å². The molecule has 2 aliphatic heterocycles. The summed E-state index contributed by atoms with van der Waals surface area (Å²) < 4.78 is 5.87.